The SMILES string of the molecule is CC(=O)N1CCc2cc(C=Cc3ccc4cc(C(=N)N)ccc4c3)ccc2C1. The summed E-state index contributed by atoms with van der Waals surface area (Å²) in [6.45, 7) is 3.14. The van der Waals surface area contributed by atoms with Crippen LogP contribution in [0, 0.1) is 5.41 Å². The van der Waals surface area contributed by atoms with Crippen LogP contribution in [0.5, 0.6) is 0 Å². The van der Waals surface area contributed by atoms with Gasteiger partial charge in [0.25, 0.3) is 0 Å². The molecule has 28 heavy (non-hydrogen) atoms. The normalized spacial score (nSPS) is 13.7. The van der Waals surface area contributed by atoms with Gasteiger partial charge in [-0.2, -0.15) is 0 Å². The number of amidine groups is 1. The minimum atomic E-state index is 0.0877. The van der Waals surface area contributed by atoms with Crippen LogP contribution in [0.25, 0.3) is 22.9 Å². The summed E-state index contributed by atoms with van der Waals surface area (Å²) >= 11 is 0. The first-order valence-corrected chi connectivity index (χ1v) is 9.43. The van der Waals surface area contributed by atoms with E-state index in [1.165, 1.54) is 16.7 Å². The quantitative estimate of drug-likeness (QED) is 0.413. The second-order valence-corrected chi connectivity index (χ2v) is 7.29. The lowest BCUT2D eigenvalue weighted by atomic mass is 9.96. The molecule has 4 nitrogen and oxygen atoms in total. The van der Waals surface area contributed by atoms with E-state index in [-0.39, 0.29) is 11.7 Å². The van der Waals surface area contributed by atoms with Crippen molar-refractivity contribution in [2.24, 2.45) is 5.73 Å². The van der Waals surface area contributed by atoms with E-state index in [0.29, 0.717) is 6.54 Å². The number of nitrogen functional groups attached to an aromatic ring is 1. The van der Waals surface area contributed by atoms with Crippen LogP contribution >= 0.6 is 0 Å². The van der Waals surface area contributed by atoms with E-state index in [2.05, 4.69) is 48.6 Å². The fourth-order valence-corrected chi connectivity index (χ4v) is 3.67. The lowest BCUT2D eigenvalue weighted by Gasteiger charge is -2.28. The maximum atomic E-state index is 11.6. The van der Waals surface area contributed by atoms with Crippen LogP contribution < -0.4 is 5.73 Å². The Morgan fingerprint density at radius 2 is 1.64 bits per heavy atom. The molecule has 3 aromatic rings. The van der Waals surface area contributed by atoms with E-state index in [1.54, 1.807) is 6.92 Å². The number of hydrogen-bond donors (Lipinski definition) is 2. The molecule has 0 saturated heterocycles. The molecule has 0 fully saturated rings. The van der Waals surface area contributed by atoms with Crippen molar-refractivity contribution in [1.82, 2.24) is 4.90 Å². The zero-order chi connectivity index (χ0) is 19.7. The number of rotatable bonds is 3. The molecule has 0 aliphatic carbocycles. The van der Waals surface area contributed by atoms with Crippen molar-refractivity contribution >= 4 is 34.7 Å². The molecule has 4 rings (SSSR count). The number of nitrogens with two attached hydrogens (primary N) is 1. The highest BCUT2D eigenvalue weighted by Crippen LogP contribution is 2.23. The number of fused-ring (bicyclic) bond motifs is 2. The van der Waals surface area contributed by atoms with E-state index >= 15 is 0 Å². The zero-order valence-corrected chi connectivity index (χ0v) is 15.9. The molecule has 1 heterocycles. The van der Waals surface area contributed by atoms with Gasteiger partial charge in [-0.25, -0.2) is 0 Å². The lowest BCUT2D eigenvalue weighted by molar-refractivity contribution is -0.129. The Morgan fingerprint density at radius 3 is 2.39 bits per heavy atom. The highest BCUT2D eigenvalue weighted by molar-refractivity contribution is 5.99. The fourth-order valence-electron chi connectivity index (χ4n) is 3.67. The summed E-state index contributed by atoms with van der Waals surface area (Å²) < 4.78 is 0. The van der Waals surface area contributed by atoms with Crippen LogP contribution in [0.4, 0.5) is 0 Å². The molecule has 1 aliphatic rings. The molecular formula is C24H23N3O. The Balaban J connectivity index is 1.55. The molecule has 0 atom stereocenters. The molecular weight excluding hydrogens is 346 g/mol. The van der Waals surface area contributed by atoms with Gasteiger partial charge in [-0.15, -0.1) is 0 Å². The number of carbonyl (C=O) groups is 1. The van der Waals surface area contributed by atoms with Gasteiger partial charge in [-0.1, -0.05) is 54.6 Å². The molecule has 0 unspecified atom stereocenters. The van der Waals surface area contributed by atoms with Crippen LogP contribution in [-0.4, -0.2) is 23.2 Å². The standard InChI is InChI=1S/C24H23N3O/c1-16(28)27-11-10-21-13-18(5-7-23(21)15-27)3-2-17-4-6-20-14-22(24(25)26)9-8-19(20)12-17/h2-9,12-14H,10-11,15H2,1H3,(H3,25,26). The number of carbonyl (C=O) groups excluding carboxylic acids is 1. The van der Waals surface area contributed by atoms with Gasteiger partial charge in [0.1, 0.15) is 5.84 Å². The summed E-state index contributed by atoms with van der Waals surface area (Å²) in [5.74, 6) is 0.228. The molecule has 4 heteroatoms. The predicted octanol–water partition coefficient (Wildman–Crippen LogP) is 4.20. The summed E-state index contributed by atoms with van der Waals surface area (Å²) in [5, 5.41) is 9.76. The van der Waals surface area contributed by atoms with Crippen LogP contribution in [0.3, 0.4) is 0 Å². The van der Waals surface area contributed by atoms with Gasteiger partial charge in [0.2, 0.25) is 5.91 Å². The summed E-state index contributed by atoms with van der Waals surface area (Å²) in [4.78, 5) is 13.5. The Bertz CT molecular complexity index is 1110. The number of nitrogens with one attached hydrogen (secondary N) is 1. The average molecular weight is 369 g/mol. The minimum Gasteiger partial charge on any atom is -0.384 e. The maximum absolute atomic E-state index is 11.6. The van der Waals surface area contributed by atoms with E-state index in [0.717, 1.165) is 34.9 Å². The molecule has 140 valence electrons. The van der Waals surface area contributed by atoms with Crippen molar-refractivity contribution in [1.29, 1.82) is 5.41 Å². The van der Waals surface area contributed by atoms with Crippen molar-refractivity contribution in [3.63, 3.8) is 0 Å². The second kappa shape index (κ2) is 7.31. The summed E-state index contributed by atoms with van der Waals surface area (Å²) in [7, 11) is 0. The fraction of sp³-hybridized carbons (Fsp3) is 0.167. The first-order chi connectivity index (χ1) is 13.5. The maximum Gasteiger partial charge on any atom is 0.219 e. The third kappa shape index (κ3) is 3.67. The monoisotopic (exact) mass is 369 g/mol. The van der Waals surface area contributed by atoms with Gasteiger partial charge in [0.05, 0.1) is 0 Å². The molecule has 0 bridgehead atoms. The predicted molar refractivity (Wildman–Crippen MR) is 115 cm³/mol. The zero-order valence-electron chi connectivity index (χ0n) is 15.9. The molecule has 0 saturated carbocycles. The van der Waals surface area contributed by atoms with E-state index in [9.17, 15) is 4.79 Å². The van der Waals surface area contributed by atoms with Gasteiger partial charge >= 0.3 is 0 Å². The smallest absolute Gasteiger partial charge is 0.219 e. The van der Waals surface area contributed by atoms with Crippen molar-refractivity contribution in [2.75, 3.05) is 6.54 Å². The number of amides is 1. The number of nitrogens with zero attached hydrogens (tertiary/aromatic N) is 1. The summed E-state index contributed by atoms with van der Waals surface area (Å²) in [6.07, 6.45) is 5.15. The van der Waals surface area contributed by atoms with Gasteiger partial charge in [-0.05, 0) is 51.6 Å². The Labute approximate surface area is 164 Å². The average Bonchev–Trinajstić information content (AvgIpc) is 2.71. The van der Waals surface area contributed by atoms with Gasteiger partial charge < -0.3 is 10.6 Å². The summed E-state index contributed by atoms with van der Waals surface area (Å²) in [5.41, 5.74) is 11.2. The lowest BCUT2D eigenvalue weighted by Crippen LogP contribution is -2.34. The molecule has 1 amide bonds. The van der Waals surface area contributed by atoms with Crippen LogP contribution in [0.15, 0.2) is 54.6 Å². The van der Waals surface area contributed by atoms with Crippen molar-refractivity contribution < 1.29 is 4.79 Å². The summed E-state index contributed by atoms with van der Waals surface area (Å²) in [6, 6.07) is 18.6. The second-order valence-electron chi connectivity index (χ2n) is 7.29. The Morgan fingerprint density at radius 1 is 0.964 bits per heavy atom. The largest absolute Gasteiger partial charge is 0.384 e. The van der Waals surface area contributed by atoms with Crippen molar-refractivity contribution in [2.45, 2.75) is 19.9 Å². The minimum absolute atomic E-state index is 0.0877. The van der Waals surface area contributed by atoms with Crippen molar-refractivity contribution in [3.8, 4) is 0 Å². The Kier molecular flexibility index (Phi) is 4.70. The van der Waals surface area contributed by atoms with E-state index < -0.39 is 0 Å². The van der Waals surface area contributed by atoms with Gasteiger partial charge in [0.15, 0.2) is 0 Å². The highest BCUT2D eigenvalue weighted by atomic mass is 16.2. The molecule has 0 radical (unpaired) electrons. The third-order valence-electron chi connectivity index (χ3n) is 5.33. The van der Waals surface area contributed by atoms with Crippen LogP contribution in [-0.2, 0) is 17.8 Å². The highest BCUT2D eigenvalue weighted by Gasteiger charge is 2.17. The van der Waals surface area contributed by atoms with Crippen molar-refractivity contribution in [3.05, 3.63) is 82.4 Å². The molecule has 1 aliphatic heterocycles. The number of hydrogen-bond acceptors (Lipinski definition) is 2. The molecule has 3 aromatic carbocycles. The third-order valence-corrected chi connectivity index (χ3v) is 5.33. The Hall–Kier alpha value is -3.40. The van der Waals surface area contributed by atoms with Crippen LogP contribution in [0.2, 0.25) is 0 Å². The topological polar surface area (TPSA) is 70.2 Å². The molecule has 3 N–H and O–H groups in total. The molecule has 0 spiro atoms. The van der Waals surface area contributed by atoms with Gasteiger partial charge in [-0.3, -0.25) is 10.2 Å². The van der Waals surface area contributed by atoms with E-state index in [1.807, 2.05) is 23.1 Å². The number of benzene rings is 3. The first kappa shape index (κ1) is 18.0. The van der Waals surface area contributed by atoms with Crippen LogP contribution in [0.1, 0.15) is 34.7 Å². The van der Waals surface area contributed by atoms with Gasteiger partial charge in [0, 0.05) is 25.6 Å². The molecule has 0 aromatic heterocycles. The first-order valence-electron chi connectivity index (χ1n) is 9.43. The van der Waals surface area contributed by atoms with E-state index in [4.69, 9.17) is 11.1 Å².